The smallest absolute Gasteiger partial charge is 0.115 e. The third-order valence-corrected chi connectivity index (χ3v) is 3.05. The molecule has 19 heavy (non-hydrogen) atoms. The number of rotatable bonds is 3. The minimum absolute atomic E-state index is 0.276. The van der Waals surface area contributed by atoms with Gasteiger partial charge in [0.15, 0.2) is 0 Å². The summed E-state index contributed by atoms with van der Waals surface area (Å²) in [5.41, 5.74) is 3.31. The topological polar surface area (TPSA) is 38.1 Å². The zero-order valence-electron chi connectivity index (χ0n) is 10.4. The number of hydrogen-bond donors (Lipinski definition) is 1. The number of aromatic hydroxyl groups is 1. The average Bonchev–Trinajstić information content (AvgIpc) is 2.89. The van der Waals surface area contributed by atoms with Crippen molar-refractivity contribution in [3.05, 3.63) is 72.4 Å². The van der Waals surface area contributed by atoms with Gasteiger partial charge in [-0.2, -0.15) is 5.10 Å². The molecular formula is C16H14N2O. The van der Waals surface area contributed by atoms with Crippen LogP contribution >= 0.6 is 0 Å². The van der Waals surface area contributed by atoms with Crippen molar-refractivity contribution in [2.75, 3.05) is 0 Å². The highest BCUT2D eigenvalue weighted by molar-refractivity contribution is 5.60. The van der Waals surface area contributed by atoms with E-state index >= 15 is 0 Å². The molecule has 0 saturated carbocycles. The molecule has 0 saturated heterocycles. The maximum atomic E-state index is 9.34. The molecule has 0 fully saturated rings. The van der Waals surface area contributed by atoms with E-state index in [0.29, 0.717) is 0 Å². The quantitative estimate of drug-likeness (QED) is 0.774. The number of phenols is 1. The van der Waals surface area contributed by atoms with Crippen LogP contribution in [0.4, 0.5) is 0 Å². The second kappa shape index (κ2) is 4.98. The zero-order chi connectivity index (χ0) is 13.1. The molecule has 1 heterocycles. The first-order valence-corrected chi connectivity index (χ1v) is 6.18. The van der Waals surface area contributed by atoms with E-state index in [0.717, 1.165) is 17.8 Å². The number of hydrogen-bond acceptors (Lipinski definition) is 2. The van der Waals surface area contributed by atoms with Gasteiger partial charge < -0.3 is 5.11 Å². The van der Waals surface area contributed by atoms with Gasteiger partial charge in [0.05, 0.1) is 12.2 Å². The molecule has 2 aromatic carbocycles. The van der Waals surface area contributed by atoms with Gasteiger partial charge in [-0.3, -0.25) is 4.68 Å². The molecule has 94 valence electrons. The van der Waals surface area contributed by atoms with Gasteiger partial charge in [-0.25, -0.2) is 0 Å². The molecule has 0 aliphatic heterocycles. The van der Waals surface area contributed by atoms with Gasteiger partial charge in [0, 0.05) is 11.8 Å². The fraction of sp³-hybridized carbons (Fsp3) is 0.0625. The van der Waals surface area contributed by atoms with Crippen molar-refractivity contribution in [3.8, 4) is 17.0 Å². The van der Waals surface area contributed by atoms with Gasteiger partial charge in [-0.05, 0) is 35.9 Å². The van der Waals surface area contributed by atoms with Crippen molar-refractivity contribution in [2.24, 2.45) is 0 Å². The highest BCUT2D eigenvalue weighted by Crippen LogP contribution is 2.22. The number of benzene rings is 2. The van der Waals surface area contributed by atoms with Crippen molar-refractivity contribution in [1.29, 1.82) is 0 Å². The Balaban J connectivity index is 1.92. The molecule has 3 aromatic rings. The van der Waals surface area contributed by atoms with E-state index < -0.39 is 0 Å². The predicted octanol–water partition coefficient (Wildman–Crippen LogP) is 3.30. The van der Waals surface area contributed by atoms with Crippen LogP contribution in [0.15, 0.2) is 66.9 Å². The van der Waals surface area contributed by atoms with Crippen LogP contribution in [-0.4, -0.2) is 14.9 Å². The van der Waals surface area contributed by atoms with Crippen LogP contribution in [0.25, 0.3) is 11.3 Å². The molecule has 0 radical (unpaired) electrons. The van der Waals surface area contributed by atoms with Gasteiger partial charge in [0.1, 0.15) is 5.75 Å². The summed E-state index contributed by atoms with van der Waals surface area (Å²) in [5, 5.41) is 13.7. The van der Waals surface area contributed by atoms with Gasteiger partial charge >= 0.3 is 0 Å². The molecule has 0 amide bonds. The molecule has 0 bridgehead atoms. The van der Waals surface area contributed by atoms with E-state index in [-0.39, 0.29) is 5.75 Å². The first kappa shape index (κ1) is 11.5. The Labute approximate surface area is 111 Å². The Morgan fingerprint density at radius 2 is 1.63 bits per heavy atom. The predicted molar refractivity (Wildman–Crippen MR) is 74.9 cm³/mol. The maximum Gasteiger partial charge on any atom is 0.115 e. The molecule has 1 N–H and O–H groups in total. The van der Waals surface area contributed by atoms with Crippen LogP contribution in [-0.2, 0) is 6.54 Å². The summed E-state index contributed by atoms with van der Waals surface area (Å²) >= 11 is 0. The van der Waals surface area contributed by atoms with E-state index in [1.807, 2.05) is 41.1 Å². The van der Waals surface area contributed by atoms with E-state index in [2.05, 4.69) is 17.2 Å². The summed E-state index contributed by atoms with van der Waals surface area (Å²) in [5.74, 6) is 0.276. The standard InChI is InChI=1S/C16H14N2O/c19-15-8-6-14(7-9-15)16-10-11-17-18(16)12-13-4-2-1-3-5-13/h1-11,19H,12H2. The fourth-order valence-corrected chi connectivity index (χ4v) is 2.09. The molecule has 1 aromatic heterocycles. The lowest BCUT2D eigenvalue weighted by Gasteiger charge is -2.08. The van der Waals surface area contributed by atoms with Gasteiger partial charge in [-0.1, -0.05) is 30.3 Å². The molecule has 0 aliphatic carbocycles. The van der Waals surface area contributed by atoms with E-state index in [1.54, 1.807) is 18.3 Å². The van der Waals surface area contributed by atoms with Crippen LogP contribution in [0.1, 0.15) is 5.56 Å². The summed E-state index contributed by atoms with van der Waals surface area (Å²) in [4.78, 5) is 0. The molecule has 3 nitrogen and oxygen atoms in total. The largest absolute Gasteiger partial charge is 0.508 e. The second-order valence-electron chi connectivity index (χ2n) is 4.41. The Bertz CT molecular complexity index is 657. The third kappa shape index (κ3) is 2.50. The monoisotopic (exact) mass is 250 g/mol. The summed E-state index contributed by atoms with van der Waals surface area (Å²) in [7, 11) is 0. The van der Waals surface area contributed by atoms with Crippen molar-refractivity contribution in [1.82, 2.24) is 9.78 Å². The van der Waals surface area contributed by atoms with Gasteiger partial charge in [-0.15, -0.1) is 0 Å². The summed E-state index contributed by atoms with van der Waals surface area (Å²) in [6.07, 6.45) is 1.80. The molecule has 0 atom stereocenters. The first-order chi connectivity index (χ1) is 9.33. The summed E-state index contributed by atoms with van der Waals surface area (Å²) < 4.78 is 1.96. The number of aromatic nitrogens is 2. The van der Waals surface area contributed by atoms with E-state index in [4.69, 9.17) is 0 Å². The second-order valence-corrected chi connectivity index (χ2v) is 4.41. The highest BCUT2D eigenvalue weighted by atomic mass is 16.3. The number of nitrogens with zero attached hydrogens (tertiary/aromatic N) is 2. The van der Waals surface area contributed by atoms with E-state index in [9.17, 15) is 5.11 Å². The Morgan fingerprint density at radius 3 is 2.37 bits per heavy atom. The third-order valence-electron chi connectivity index (χ3n) is 3.05. The van der Waals surface area contributed by atoms with Crippen molar-refractivity contribution in [3.63, 3.8) is 0 Å². The Kier molecular flexibility index (Phi) is 3.02. The summed E-state index contributed by atoms with van der Waals surface area (Å²) in [6.45, 7) is 0.740. The Hall–Kier alpha value is -2.55. The first-order valence-electron chi connectivity index (χ1n) is 6.18. The normalized spacial score (nSPS) is 10.5. The van der Waals surface area contributed by atoms with Crippen molar-refractivity contribution < 1.29 is 5.11 Å². The lowest BCUT2D eigenvalue weighted by Crippen LogP contribution is -2.03. The van der Waals surface area contributed by atoms with Crippen LogP contribution in [0.5, 0.6) is 5.75 Å². The number of phenolic OH excluding ortho intramolecular Hbond substituents is 1. The molecule has 0 aliphatic rings. The fourth-order valence-electron chi connectivity index (χ4n) is 2.09. The lowest BCUT2D eigenvalue weighted by atomic mass is 10.1. The van der Waals surface area contributed by atoms with Crippen LogP contribution in [0, 0.1) is 0 Å². The maximum absolute atomic E-state index is 9.34. The van der Waals surface area contributed by atoms with Crippen molar-refractivity contribution >= 4 is 0 Å². The van der Waals surface area contributed by atoms with Crippen LogP contribution in [0.2, 0.25) is 0 Å². The highest BCUT2D eigenvalue weighted by Gasteiger charge is 2.05. The average molecular weight is 250 g/mol. The summed E-state index contributed by atoms with van der Waals surface area (Å²) in [6, 6.07) is 19.4. The zero-order valence-corrected chi connectivity index (χ0v) is 10.4. The van der Waals surface area contributed by atoms with Crippen molar-refractivity contribution in [2.45, 2.75) is 6.54 Å². The van der Waals surface area contributed by atoms with Gasteiger partial charge in [0.2, 0.25) is 0 Å². The van der Waals surface area contributed by atoms with Crippen LogP contribution < -0.4 is 0 Å². The minimum atomic E-state index is 0.276. The lowest BCUT2D eigenvalue weighted by molar-refractivity contribution is 0.475. The molecule has 0 unspecified atom stereocenters. The van der Waals surface area contributed by atoms with Crippen LogP contribution in [0.3, 0.4) is 0 Å². The van der Waals surface area contributed by atoms with Gasteiger partial charge in [0.25, 0.3) is 0 Å². The molecule has 3 rings (SSSR count). The molecular weight excluding hydrogens is 236 g/mol. The minimum Gasteiger partial charge on any atom is -0.508 e. The molecule has 3 heteroatoms. The SMILES string of the molecule is Oc1ccc(-c2ccnn2Cc2ccccc2)cc1. The molecule has 0 spiro atoms. The van der Waals surface area contributed by atoms with E-state index in [1.165, 1.54) is 5.56 Å². The Morgan fingerprint density at radius 1 is 0.895 bits per heavy atom.